The highest BCUT2D eigenvalue weighted by atomic mass is 79.9. The van der Waals surface area contributed by atoms with Crippen molar-refractivity contribution in [2.75, 3.05) is 0 Å². The molecule has 0 amide bonds. The smallest absolute Gasteiger partial charge is 0.207 e. The van der Waals surface area contributed by atoms with E-state index in [9.17, 15) is 26.3 Å². The van der Waals surface area contributed by atoms with Gasteiger partial charge >= 0.3 is 12.1 Å². The highest BCUT2D eigenvalue weighted by molar-refractivity contribution is 9.10. The molecule has 0 saturated heterocycles. The Morgan fingerprint density at radius 3 is 2.06 bits per heavy atom. The lowest BCUT2D eigenvalue weighted by molar-refractivity contribution is -0.281. The van der Waals surface area contributed by atoms with Gasteiger partial charge in [0.1, 0.15) is 10.6 Å². The van der Waals surface area contributed by atoms with Crippen molar-refractivity contribution in [2.45, 2.75) is 16.9 Å². The molecule has 9 heteroatoms. The first-order chi connectivity index (χ1) is 7.98. The molecule has 0 aliphatic heterocycles. The van der Waals surface area contributed by atoms with Crippen molar-refractivity contribution in [3.8, 4) is 0 Å². The first-order valence-electron chi connectivity index (χ1n) is 4.21. The summed E-state index contributed by atoms with van der Waals surface area (Å²) in [7, 11) is 0. The Labute approximate surface area is 120 Å². The average molecular weight is 420 g/mol. The molecule has 0 aliphatic carbocycles. The van der Waals surface area contributed by atoms with Gasteiger partial charge in [0, 0.05) is 10.0 Å². The largest absolute Gasteiger partial charge is 0.454 e. The Balaban J connectivity index is 3.27. The van der Waals surface area contributed by atoms with E-state index in [-0.39, 0.29) is 9.50 Å². The molecular formula is C9H3Br2ClF6. The van der Waals surface area contributed by atoms with Crippen LogP contribution in [0.25, 0.3) is 0 Å². The van der Waals surface area contributed by atoms with Crippen LogP contribution in [-0.2, 0) is 0 Å². The minimum atomic E-state index is -5.80. The zero-order chi connectivity index (χ0) is 14.3. The second kappa shape index (κ2) is 5.20. The molecule has 0 fully saturated rings. The second-order valence-corrected chi connectivity index (χ2v) is 5.45. The van der Waals surface area contributed by atoms with Crippen LogP contribution in [0, 0.1) is 5.82 Å². The summed E-state index contributed by atoms with van der Waals surface area (Å²) >= 11 is 10.5. The van der Waals surface area contributed by atoms with E-state index in [1.165, 1.54) is 0 Å². The molecule has 0 nitrogen and oxygen atoms in total. The van der Waals surface area contributed by atoms with Gasteiger partial charge in [-0.05, 0) is 28.1 Å². The molecule has 0 radical (unpaired) electrons. The zero-order valence-corrected chi connectivity index (χ0v) is 12.1. The lowest BCUT2D eigenvalue weighted by Crippen LogP contribution is -2.40. The number of rotatable bonds is 2. The van der Waals surface area contributed by atoms with E-state index in [0.717, 1.165) is 6.07 Å². The molecular weight excluding hydrogens is 417 g/mol. The fraction of sp³-hybridized carbons (Fsp3) is 0.333. The molecule has 0 N–H and O–H groups in total. The topological polar surface area (TPSA) is 0 Å². The van der Waals surface area contributed by atoms with E-state index in [1.54, 1.807) is 0 Å². The van der Waals surface area contributed by atoms with Gasteiger partial charge in [-0.3, -0.25) is 0 Å². The summed E-state index contributed by atoms with van der Waals surface area (Å²) in [5.74, 6) is -6.34. The predicted octanol–water partition coefficient (Wildman–Crippen LogP) is 5.88. The Morgan fingerprint density at radius 2 is 1.61 bits per heavy atom. The number of alkyl halides is 6. The fourth-order valence-electron chi connectivity index (χ4n) is 1.07. The maximum Gasteiger partial charge on any atom is 0.454 e. The number of hydrogen-bond donors (Lipinski definition) is 0. The maximum absolute atomic E-state index is 13.4. The summed E-state index contributed by atoms with van der Waals surface area (Å²) in [5.41, 5.74) is -0.870. The standard InChI is InChI=1S/C9H3Br2ClF6/c10-4-2-6(13)3(1-5(4)12)7(11)8(14,15)9(16,17)18/h1-2,7H. The molecule has 1 rings (SSSR count). The number of benzene rings is 1. The van der Waals surface area contributed by atoms with Crippen LogP contribution in [0.15, 0.2) is 16.6 Å². The molecule has 1 aromatic carbocycles. The van der Waals surface area contributed by atoms with Crippen molar-refractivity contribution in [3.63, 3.8) is 0 Å². The van der Waals surface area contributed by atoms with Crippen LogP contribution in [0.3, 0.4) is 0 Å². The fourth-order valence-corrected chi connectivity index (χ4v) is 2.17. The summed E-state index contributed by atoms with van der Waals surface area (Å²) in [6, 6.07) is 1.43. The van der Waals surface area contributed by atoms with Gasteiger partial charge in [0.25, 0.3) is 0 Å². The molecule has 0 heterocycles. The third kappa shape index (κ3) is 2.96. The summed E-state index contributed by atoms with van der Waals surface area (Å²) < 4.78 is 75.9. The van der Waals surface area contributed by atoms with Gasteiger partial charge in [0.2, 0.25) is 0 Å². The van der Waals surface area contributed by atoms with Crippen molar-refractivity contribution in [1.82, 2.24) is 0 Å². The molecule has 1 aromatic rings. The van der Waals surface area contributed by atoms with E-state index < -0.39 is 28.3 Å². The second-order valence-electron chi connectivity index (χ2n) is 3.27. The summed E-state index contributed by atoms with van der Waals surface area (Å²) in [5, 5.41) is -0.172. The van der Waals surface area contributed by atoms with Crippen molar-refractivity contribution >= 4 is 43.5 Å². The van der Waals surface area contributed by atoms with Crippen LogP contribution in [0.5, 0.6) is 0 Å². The van der Waals surface area contributed by atoms with Gasteiger partial charge < -0.3 is 0 Å². The SMILES string of the molecule is Fc1cc(Br)c(Cl)cc1C(Br)C(F)(F)C(F)(F)F. The minimum Gasteiger partial charge on any atom is -0.207 e. The van der Waals surface area contributed by atoms with Crippen LogP contribution in [0.2, 0.25) is 5.02 Å². The lowest BCUT2D eigenvalue weighted by atomic mass is 10.1. The van der Waals surface area contributed by atoms with E-state index in [0.29, 0.717) is 6.07 Å². The molecule has 0 saturated carbocycles. The molecule has 0 aromatic heterocycles. The van der Waals surface area contributed by atoms with Crippen LogP contribution < -0.4 is 0 Å². The molecule has 1 unspecified atom stereocenters. The molecule has 0 spiro atoms. The molecule has 18 heavy (non-hydrogen) atoms. The molecule has 102 valence electrons. The number of halogens is 9. The average Bonchev–Trinajstić information content (AvgIpc) is 2.20. The third-order valence-electron chi connectivity index (χ3n) is 2.01. The van der Waals surface area contributed by atoms with Crippen LogP contribution in [0.4, 0.5) is 26.3 Å². The Hall–Kier alpha value is 0.0500. The highest BCUT2D eigenvalue weighted by Gasteiger charge is 2.62. The summed E-state index contributed by atoms with van der Waals surface area (Å²) in [6.07, 6.45) is -5.80. The van der Waals surface area contributed by atoms with Gasteiger partial charge in [-0.25, -0.2) is 4.39 Å². The lowest BCUT2D eigenvalue weighted by Gasteiger charge is -2.25. The monoisotopic (exact) mass is 418 g/mol. The van der Waals surface area contributed by atoms with E-state index >= 15 is 0 Å². The van der Waals surface area contributed by atoms with Crippen molar-refractivity contribution in [3.05, 3.63) is 33.0 Å². The van der Waals surface area contributed by atoms with Crippen LogP contribution in [0.1, 0.15) is 10.4 Å². The van der Waals surface area contributed by atoms with E-state index in [2.05, 4.69) is 31.9 Å². The first-order valence-corrected chi connectivity index (χ1v) is 6.30. The van der Waals surface area contributed by atoms with E-state index in [4.69, 9.17) is 11.6 Å². The van der Waals surface area contributed by atoms with Crippen molar-refractivity contribution in [1.29, 1.82) is 0 Å². The Bertz CT molecular complexity index is 459. The Morgan fingerprint density at radius 1 is 1.11 bits per heavy atom. The van der Waals surface area contributed by atoms with Gasteiger partial charge in [0.05, 0.1) is 5.02 Å². The first kappa shape index (κ1) is 16.1. The zero-order valence-electron chi connectivity index (χ0n) is 8.13. The summed E-state index contributed by atoms with van der Waals surface area (Å²) in [6.45, 7) is 0. The highest BCUT2D eigenvalue weighted by Crippen LogP contribution is 2.50. The Kier molecular flexibility index (Phi) is 4.66. The van der Waals surface area contributed by atoms with Crippen molar-refractivity contribution < 1.29 is 26.3 Å². The third-order valence-corrected chi connectivity index (χ3v) is 4.27. The molecule has 0 aliphatic rings. The van der Waals surface area contributed by atoms with Gasteiger partial charge in [-0.1, -0.05) is 27.5 Å². The van der Waals surface area contributed by atoms with Crippen LogP contribution in [-0.4, -0.2) is 12.1 Å². The normalized spacial score (nSPS) is 14.7. The predicted molar refractivity (Wildman–Crippen MR) is 61.8 cm³/mol. The molecule has 0 bridgehead atoms. The number of hydrogen-bond acceptors (Lipinski definition) is 0. The van der Waals surface area contributed by atoms with Crippen molar-refractivity contribution in [2.24, 2.45) is 0 Å². The van der Waals surface area contributed by atoms with Gasteiger partial charge in [-0.2, -0.15) is 22.0 Å². The van der Waals surface area contributed by atoms with Gasteiger partial charge in [-0.15, -0.1) is 0 Å². The summed E-state index contributed by atoms with van der Waals surface area (Å²) in [4.78, 5) is -2.56. The van der Waals surface area contributed by atoms with Crippen LogP contribution >= 0.6 is 43.5 Å². The molecule has 1 atom stereocenters. The maximum atomic E-state index is 13.4. The van der Waals surface area contributed by atoms with E-state index in [1.807, 2.05) is 0 Å². The minimum absolute atomic E-state index is 0.0560. The van der Waals surface area contributed by atoms with Gasteiger partial charge in [0.15, 0.2) is 0 Å². The quantitative estimate of drug-likeness (QED) is 0.319.